The van der Waals surface area contributed by atoms with Crippen LogP contribution in [0, 0.1) is 46.6 Å². The summed E-state index contributed by atoms with van der Waals surface area (Å²) in [6, 6.07) is 6.32. The van der Waals surface area contributed by atoms with Gasteiger partial charge in [-0.2, -0.15) is 5.26 Å². The van der Waals surface area contributed by atoms with Gasteiger partial charge in [0, 0.05) is 6.08 Å². The lowest BCUT2D eigenvalue weighted by molar-refractivity contribution is 0.140. The Morgan fingerprint density at radius 2 is 1.47 bits per heavy atom. The monoisotopic (exact) mass is 439 g/mol. The molecule has 0 radical (unpaired) electrons. The number of rotatable bonds is 10. The molecule has 0 spiro atoms. The van der Waals surface area contributed by atoms with Gasteiger partial charge in [-0.1, -0.05) is 62.8 Å². The summed E-state index contributed by atoms with van der Waals surface area (Å²) < 4.78 is 26.3. The lowest BCUT2D eigenvalue weighted by Gasteiger charge is -2.38. The summed E-state index contributed by atoms with van der Waals surface area (Å²) >= 11 is 0. The van der Waals surface area contributed by atoms with Crippen LogP contribution in [0.1, 0.15) is 89.0 Å². The first-order valence-electron chi connectivity index (χ1n) is 12.8. The Bertz CT molecular complexity index is 775. The first-order valence-corrected chi connectivity index (χ1v) is 12.8. The first kappa shape index (κ1) is 24.7. The van der Waals surface area contributed by atoms with E-state index in [4.69, 9.17) is 5.26 Å². The van der Waals surface area contributed by atoms with Crippen molar-refractivity contribution in [2.24, 2.45) is 23.7 Å². The number of nitriles is 1. The van der Waals surface area contributed by atoms with Crippen LogP contribution in [0.2, 0.25) is 0 Å². The topological polar surface area (TPSA) is 23.8 Å². The maximum atomic E-state index is 13.3. The van der Waals surface area contributed by atoms with Crippen LogP contribution in [0.15, 0.2) is 42.5 Å². The number of halogens is 2. The lowest BCUT2D eigenvalue weighted by Crippen LogP contribution is -2.25. The van der Waals surface area contributed by atoms with Crippen molar-refractivity contribution in [2.45, 2.75) is 89.9 Å². The summed E-state index contributed by atoms with van der Waals surface area (Å²) in [4.78, 5) is 0. The third kappa shape index (κ3) is 8.19. The van der Waals surface area contributed by atoms with Crippen LogP contribution in [0.5, 0.6) is 0 Å². The first-order chi connectivity index (χ1) is 15.7. The molecule has 0 heterocycles. The van der Waals surface area contributed by atoms with Crippen molar-refractivity contribution in [1.29, 1.82) is 5.26 Å². The predicted octanol–water partition coefficient (Wildman–Crippen LogP) is 8.71. The van der Waals surface area contributed by atoms with Crippen LogP contribution in [-0.4, -0.2) is 0 Å². The van der Waals surface area contributed by atoms with E-state index in [1.54, 1.807) is 6.07 Å². The number of benzene rings is 1. The number of allylic oxidation sites excluding steroid dienone is 4. The van der Waals surface area contributed by atoms with Crippen LogP contribution in [0.3, 0.4) is 0 Å². The summed E-state index contributed by atoms with van der Waals surface area (Å²) in [6.07, 6.45) is 25.6. The summed E-state index contributed by atoms with van der Waals surface area (Å²) in [5, 5.41) is 8.49. The summed E-state index contributed by atoms with van der Waals surface area (Å²) in [7, 11) is 0. The molecule has 0 aliphatic heterocycles. The number of aryl methyl sites for hydroxylation is 1. The molecule has 2 saturated carbocycles. The molecule has 1 aromatic rings. The van der Waals surface area contributed by atoms with Crippen molar-refractivity contribution in [2.75, 3.05) is 0 Å². The van der Waals surface area contributed by atoms with E-state index in [-0.39, 0.29) is 0 Å². The zero-order valence-corrected chi connectivity index (χ0v) is 19.5. The number of nitrogens with zero attached hydrogens (tertiary/aromatic N) is 1. The minimum atomic E-state index is -0.753. The molecule has 0 aromatic heterocycles. The standard InChI is InChI=1S/C29H39F2N/c30-28-20-15-25(22-29(28)31)10-6-5-9-24-13-18-27(19-14-24)26-16-11-23(12-17-26)8-4-2-1-3-7-21-32/h1-3,7,15,20,22-24,26-27H,4-6,8-14,16-19H2. The highest BCUT2D eigenvalue weighted by Crippen LogP contribution is 2.43. The summed E-state index contributed by atoms with van der Waals surface area (Å²) in [5.41, 5.74) is 0.912. The Morgan fingerprint density at radius 1 is 0.812 bits per heavy atom. The molecule has 0 bridgehead atoms. The maximum absolute atomic E-state index is 13.3. The Hall–Kier alpha value is -1.95. The number of hydrogen-bond acceptors (Lipinski definition) is 1. The van der Waals surface area contributed by atoms with Crippen molar-refractivity contribution < 1.29 is 8.78 Å². The number of unbranched alkanes of at least 4 members (excludes halogenated alkanes) is 1. The fourth-order valence-corrected chi connectivity index (χ4v) is 5.96. The van der Waals surface area contributed by atoms with E-state index in [1.807, 2.05) is 18.2 Å². The summed E-state index contributed by atoms with van der Waals surface area (Å²) in [5.74, 6) is 2.18. The van der Waals surface area contributed by atoms with Gasteiger partial charge in [0.25, 0.3) is 0 Å². The third-order valence-corrected chi connectivity index (χ3v) is 7.92. The molecule has 1 aromatic carbocycles. The second-order valence-electron chi connectivity index (χ2n) is 10.0. The highest BCUT2D eigenvalue weighted by Gasteiger charge is 2.30. The van der Waals surface area contributed by atoms with E-state index in [9.17, 15) is 8.78 Å². The molecule has 2 aliphatic carbocycles. The van der Waals surface area contributed by atoms with Crippen molar-refractivity contribution in [3.63, 3.8) is 0 Å². The summed E-state index contributed by atoms with van der Waals surface area (Å²) in [6.45, 7) is 0. The lowest BCUT2D eigenvalue weighted by atomic mass is 9.68. The predicted molar refractivity (Wildman–Crippen MR) is 128 cm³/mol. The molecular formula is C29H39F2N. The Kier molecular flexibility index (Phi) is 10.5. The molecule has 32 heavy (non-hydrogen) atoms. The molecule has 0 atom stereocenters. The van der Waals surface area contributed by atoms with Crippen molar-refractivity contribution in [3.05, 3.63) is 59.7 Å². The highest BCUT2D eigenvalue weighted by molar-refractivity contribution is 5.17. The van der Waals surface area contributed by atoms with Gasteiger partial charge in [0.1, 0.15) is 0 Å². The van der Waals surface area contributed by atoms with E-state index >= 15 is 0 Å². The van der Waals surface area contributed by atoms with E-state index in [2.05, 4.69) is 6.08 Å². The van der Waals surface area contributed by atoms with Gasteiger partial charge in [-0.3, -0.25) is 0 Å². The molecule has 3 heteroatoms. The van der Waals surface area contributed by atoms with Crippen LogP contribution in [-0.2, 0) is 6.42 Å². The average molecular weight is 440 g/mol. The minimum absolute atomic E-state index is 0.726. The van der Waals surface area contributed by atoms with Crippen LogP contribution >= 0.6 is 0 Å². The van der Waals surface area contributed by atoms with E-state index in [0.29, 0.717) is 0 Å². The average Bonchev–Trinajstić information content (AvgIpc) is 2.82. The van der Waals surface area contributed by atoms with Crippen molar-refractivity contribution >= 4 is 0 Å². The fraction of sp³-hybridized carbons (Fsp3) is 0.621. The van der Waals surface area contributed by atoms with Gasteiger partial charge >= 0.3 is 0 Å². The molecule has 2 fully saturated rings. The molecular weight excluding hydrogens is 400 g/mol. The van der Waals surface area contributed by atoms with Gasteiger partial charge in [-0.15, -0.1) is 0 Å². The van der Waals surface area contributed by atoms with Crippen molar-refractivity contribution in [1.82, 2.24) is 0 Å². The number of hydrogen-bond donors (Lipinski definition) is 0. The normalized spacial score (nSPS) is 26.5. The van der Waals surface area contributed by atoms with Gasteiger partial charge in [0.15, 0.2) is 11.6 Å². The second-order valence-corrected chi connectivity index (χ2v) is 10.0. The molecule has 0 N–H and O–H groups in total. The molecule has 0 saturated heterocycles. The Labute approximate surface area is 193 Å². The van der Waals surface area contributed by atoms with E-state index in [1.165, 1.54) is 88.8 Å². The largest absolute Gasteiger partial charge is 0.204 e. The SMILES string of the molecule is N#CC=CC=CCCC1CCC(C2CCC(CCCCc3ccc(F)c(F)c3)CC2)CC1. The van der Waals surface area contributed by atoms with Crippen LogP contribution in [0.4, 0.5) is 8.78 Å². The van der Waals surface area contributed by atoms with Crippen LogP contribution < -0.4 is 0 Å². The minimum Gasteiger partial charge on any atom is -0.204 e. The Balaban J connectivity index is 1.25. The third-order valence-electron chi connectivity index (χ3n) is 7.92. The van der Waals surface area contributed by atoms with Gasteiger partial charge < -0.3 is 0 Å². The molecule has 1 nitrogen and oxygen atoms in total. The van der Waals surface area contributed by atoms with E-state index < -0.39 is 11.6 Å². The molecule has 174 valence electrons. The molecule has 0 amide bonds. The molecule has 3 rings (SSSR count). The zero-order chi connectivity index (χ0) is 22.6. The zero-order valence-electron chi connectivity index (χ0n) is 19.5. The fourth-order valence-electron chi connectivity index (χ4n) is 5.96. The Morgan fingerprint density at radius 3 is 2.09 bits per heavy atom. The van der Waals surface area contributed by atoms with Gasteiger partial charge in [0.2, 0.25) is 0 Å². The highest BCUT2D eigenvalue weighted by atomic mass is 19.2. The second kappa shape index (κ2) is 13.6. The van der Waals surface area contributed by atoms with Gasteiger partial charge in [-0.05, 0) is 92.7 Å². The maximum Gasteiger partial charge on any atom is 0.159 e. The smallest absolute Gasteiger partial charge is 0.159 e. The van der Waals surface area contributed by atoms with Crippen LogP contribution in [0.25, 0.3) is 0 Å². The molecule has 2 aliphatic rings. The van der Waals surface area contributed by atoms with E-state index in [0.717, 1.165) is 48.5 Å². The quantitative estimate of drug-likeness (QED) is 0.203. The molecule has 0 unspecified atom stereocenters. The van der Waals surface area contributed by atoms with Gasteiger partial charge in [-0.25, -0.2) is 8.78 Å². The van der Waals surface area contributed by atoms with Gasteiger partial charge in [0.05, 0.1) is 6.07 Å². The van der Waals surface area contributed by atoms with Crippen molar-refractivity contribution in [3.8, 4) is 6.07 Å².